The fraction of sp³-hybridized carbons (Fsp3) is 0.556. The van der Waals surface area contributed by atoms with E-state index in [1.54, 1.807) is 5.01 Å². The molecule has 5 heteroatoms. The summed E-state index contributed by atoms with van der Waals surface area (Å²) < 4.78 is 5.22. The third kappa shape index (κ3) is 3.66. The molecular weight excluding hydrogens is 290 g/mol. The van der Waals surface area contributed by atoms with Crippen molar-refractivity contribution in [2.24, 2.45) is 5.10 Å². The number of hydrazone groups is 1. The molecular formula is C18H27N3O2. The number of hydrogen-bond acceptors (Lipinski definition) is 5. The standard InChI is InChI=1S/C18H27N3O2/c1-7-23-17(22)15-10-18(4,11-19-21(5)6)16-13(3)8-12(2)9-14(16)20-15/h8-9,11,15,20H,7,10H2,1-6H3/b19-11-/t15-,18+/m0/s1. The lowest BCUT2D eigenvalue weighted by atomic mass is 9.72. The molecule has 1 aromatic rings. The number of fused-ring (bicyclic) bond motifs is 1. The number of ether oxygens (including phenoxy) is 1. The number of nitrogens with zero attached hydrogens (tertiary/aromatic N) is 2. The van der Waals surface area contributed by atoms with Gasteiger partial charge in [0.1, 0.15) is 6.04 Å². The SMILES string of the molecule is CCOC(=O)[C@@H]1C[C@](C)(/C=N\N(C)C)c2c(C)cc(C)cc2N1. The Bertz CT molecular complexity index is 625. The zero-order valence-electron chi connectivity index (χ0n) is 14.9. The Balaban J connectivity index is 2.50. The fourth-order valence-corrected chi connectivity index (χ4v) is 3.35. The van der Waals surface area contributed by atoms with Crippen molar-refractivity contribution in [3.05, 3.63) is 28.8 Å². The van der Waals surface area contributed by atoms with Crippen LogP contribution in [0.25, 0.3) is 0 Å². The van der Waals surface area contributed by atoms with Gasteiger partial charge in [0.05, 0.1) is 6.61 Å². The largest absolute Gasteiger partial charge is 0.464 e. The number of hydrogen-bond donors (Lipinski definition) is 1. The van der Waals surface area contributed by atoms with Gasteiger partial charge in [-0.15, -0.1) is 0 Å². The van der Waals surface area contributed by atoms with Crippen molar-refractivity contribution in [3.63, 3.8) is 0 Å². The summed E-state index contributed by atoms with van der Waals surface area (Å²) in [6.45, 7) is 8.53. The van der Waals surface area contributed by atoms with Gasteiger partial charge in [0.25, 0.3) is 0 Å². The molecule has 1 aliphatic heterocycles. The number of nitrogens with one attached hydrogen (secondary N) is 1. The summed E-state index contributed by atoms with van der Waals surface area (Å²) in [5, 5.41) is 9.58. The maximum atomic E-state index is 12.3. The van der Waals surface area contributed by atoms with Gasteiger partial charge in [-0.3, -0.25) is 0 Å². The Morgan fingerprint density at radius 3 is 2.78 bits per heavy atom. The van der Waals surface area contributed by atoms with E-state index in [9.17, 15) is 4.79 Å². The second-order valence-corrected chi connectivity index (χ2v) is 6.67. The van der Waals surface area contributed by atoms with Crippen LogP contribution in [0.5, 0.6) is 0 Å². The quantitative estimate of drug-likeness (QED) is 0.527. The molecule has 1 N–H and O–H groups in total. The topological polar surface area (TPSA) is 53.9 Å². The maximum Gasteiger partial charge on any atom is 0.328 e. The average molecular weight is 317 g/mol. The van der Waals surface area contributed by atoms with Gasteiger partial charge in [0, 0.05) is 31.4 Å². The summed E-state index contributed by atoms with van der Waals surface area (Å²) in [5.74, 6) is -0.207. The Labute approximate surface area is 138 Å². The highest BCUT2D eigenvalue weighted by Crippen LogP contribution is 2.41. The first-order valence-electron chi connectivity index (χ1n) is 8.04. The summed E-state index contributed by atoms with van der Waals surface area (Å²) in [6.07, 6.45) is 2.57. The molecule has 2 atom stereocenters. The van der Waals surface area contributed by atoms with Crippen molar-refractivity contribution >= 4 is 17.9 Å². The van der Waals surface area contributed by atoms with Crippen molar-refractivity contribution in [3.8, 4) is 0 Å². The minimum Gasteiger partial charge on any atom is -0.464 e. The Hall–Kier alpha value is -2.04. The first kappa shape index (κ1) is 17.3. The Morgan fingerprint density at radius 1 is 1.48 bits per heavy atom. The molecule has 5 nitrogen and oxygen atoms in total. The lowest BCUT2D eigenvalue weighted by Crippen LogP contribution is -2.44. The van der Waals surface area contributed by atoms with Gasteiger partial charge >= 0.3 is 5.97 Å². The zero-order chi connectivity index (χ0) is 17.2. The molecule has 0 radical (unpaired) electrons. The third-order valence-electron chi connectivity index (χ3n) is 4.15. The minimum atomic E-state index is -0.359. The number of rotatable bonds is 4. The Kier molecular flexibility index (Phi) is 4.97. The van der Waals surface area contributed by atoms with Crippen molar-refractivity contribution in [2.45, 2.75) is 45.6 Å². The van der Waals surface area contributed by atoms with E-state index in [2.05, 4.69) is 43.3 Å². The van der Waals surface area contributed by atoms with Crippen LogP contribution in [0.3, 0.4) is 0 Å². The van der Waals surface area contributed by atoms with Crippen LogP contribution in [0.15, 0.2) is 17.2 Å². The van der Waals surface area contributed by atoms with Gasteiger partial charge in [0.2, 0.25) is 0 Å². The van der Waals surface area contributed by atoms with Crippen LogP contribution in [0.4, 0.5) is 5.69 Å². The molecule has 0 spiro atoms. The maximum absolute atomic E-state index is 12.3. The number of carbonyl (C=O) groups is 1. The molecule has 0 aromatic heterocycles. The predicted molar refractivity (Wildman–Crippen MR) is 94.1 cm³/mol. The normalized spacial score (nSPS) is 23.3. The highest BCUT2D eigenvalue weighted by Gasteiger charge is 2.40. The molecule has 126 valence electrons. The van der Waals surface area contributed by atoms with Gasteiger partial charge < -0.3 is 15.1 Å². The monoisotopic (exact) mass is 317 g/mol. The highest BCUT2D eigenvalue weighted by atomic mass is 16.5. The predicted octanol–water partition coefficient (Wildman–Crippen LogP) is 2.86. The molecule has 0 aliphatic carbocycles. The lowest BCUT2D eigenvalue weighted by molar-refractivity contribution is -0.144. The Morgan fingerprint density at radius 2 is 2.17 bits per heavy atom. The molecule has 0 fully saturated rings. The van der Waals surface area contributed by atoms with Gasteiger partial charge in [0.15, 0.2) is 0 Å². The first-order valence-corrected chi connectivity index (χ1v) is 8.04. The van der Waals surface area contributed by atoms with Gasteiger partial charge in [-0.2, -0.15) is 5.10 Å². The van der Waals surface area contributed by atoms with Crippen molar-refractivity contribution < 1.29 is 9.53 Å². The van der Waals surface area contributed by atoms with Crippen molar-refractivity contribution in [2.75, 3.05) is 26.0 Å². The van der Waals surface area contributed by atoms with E-state index in [1.807, 2.05) is 27.2 Å². The summed E-state index contributed by atoms with van der Waals surface area (Å²) in [5.41, 5.74) is 4.27. The zero-order valence-corrected chi connectivity index (χ0v) is 14.9. The van der Waals surface area contributed by atoms with Crippen LogP contribution in [0.1, 0.15) is 37.0 Å². The summed E-state index contributed by atoms with van der Waals surface area (Å²) in [7, 11) is 3.79. The van der Waals surface area contributed by atoms with E-state index in [1.165, 1.54) is 16.7 Å². The summed E-state index contributed by atoms with van der Waals surface area (Å²) >= 11 is 0. The smallest absolute Gasteiger partial charge is 0.328 e. The number of anilines is 1. The van der Waals surface area contributed by atoms with Crippen LogP contribution >= 0.6 is 0 Å². The average Bonchev–Trinajstić information content (AvgIpc) is 2.44. The van der Waals surface area contributed by atoms with Crippen LogP contribution in [-0.2, 0) is 14.9 Å². The summed E-state index contributed by atoms with van der Waals surface area (Å²) in [4.78, 5) is 12.3. The first-order chi connectivity index (χ1) is 10.8. The lowest BCUT2D eigenvalue weighted by Gasteiger charge is -2.39. The van der Waals surface area contributed by atoms with E-state index in [4.69, 9.17) is 4.74 Å². The van der Waals surface area contributed by atoms with Crippen molar-refractivity contribution in [1.82, 2.24) is 5.01 Å². The molecule has 0 saturated heterocycles. The molecule has 1 aliphatic rings. The van der Waals surface area contributed by atoms with Crippen LogP contribution in [0, 0.1) is 13.8 Å². The molecule has 0 saturated carbocycles. The van der Waals surface area contributed by atoms with E-state index in [-0.39, 0.29) is 17.4 Å². The van der Waals surface area contributed by atoms with E-state index >= 15 is 0 Å². The van der Waals surface area contributed by atoms with Gasteiger partial charge in [-0.1, -0.05) is 13.0 Å². The van der Waals surface area contributed by atoms with Crippen LogP contribution in [-0.4, -0.2) is 43.9 Å². The molecule has 2 rings (SSSR count). The molecule has 1 heterocycles. The fourth-order valence-electron chi connectivity index (χ4n) is 3.35. The van der Waals surface area contributed by atoms with Gasteiger partial charge in [-0.05, 0) is 49.9 Å². The molecule has 0 bridgehead atoms. The van der Waals surface area contributed by atoms with E-state index in [0.29, 0.717) is 13.0 Å². The second kappa shape index (κ2) is 6.60. The van der Waals surface area contributed by atoms with Crippen molar-refractivity contribution in [1.29, 1.82) is 0 Å². The van der Waals surface area contributed by atoms with Gasteiger partial charge in [-0.25, -0.2) is 4.79 Å². The number of carbonyl (C=O) groups excluding carboxylic acids is 1. The number of esters is 1. The van der Waals surface area contributed by atoms with Crippen LogP contribution in [0.2, 0.25) is 0 Å². The van der Waals surface area contributed by atoms with E-state index in [0.717, 1.165) is 5.69 Å². The number of aryl methyl sites for hydroxylation is 2. The molecule has 0 amide bonds. The number of benzene rings is 1. The second-order valence-electron chi connectivity index (χ2n) is 6.67. The van der Waals surface area contributed by atoms with E-state index < -0.39 is 0 Å². The minimum absolute atomic E-state index is 0.207. The summed E-state index contributed by atoms with van der Waals surface area (Å²) in [6, 6.07) is 3.91. The molecule has 0 unspecified atom stereocenters. The highest BCUT2D eigenvalue weighted by molar-refractivity contribution is 5.87. The van der Waals surface area contributed by atoms with Crippen LogP contribution < -0.4 is 5.32 Å². The third-order valence-corrected chi connectivity index (χ3v) is 4.15. The molecule has 1 aromatic carbocycles. The molecule has 23 heavy (non-hydrogen) atoms.